The Bertz CT molecular complexity index is 928. The fraction of sp³-hybridized carbons (Fsp3) is 0.542. The van der Waals surface area contributed by atoms with Crippen molar-refractivity contribution >= 4 is 40.7 Å². The first kappa shape index (κ1) is 22.3. The molecule has 2 fully saturated rings. The molecule has 0 amide bonds. The van der Waals surface area contributed by atoms with E-state index in [1.165, 1.54) is 31.2 Å². The number of halogens is 1. The zero-order chi connectivity index (χ0) is 21.8. The van der Waals surface area contributed by atoms with E-state index < -0.39 is 0 Å². The molecule has 1 saturated carbocycles. The summed E-state index contributed by atoms with van der Waals surface area (Å²) in [5.41, 5.74) is 2.31. The van der Waals surface area contributed by atoms with Gasteiger partial charge in [-0.3, -0.25) is 0 Å². The van der Waals surface area contributed by atoms with Gasteiger partial charge in [0.15, 0.2) is 5.11 Å². The predicted molar refractivity (Wildman–Crippen MR) is 133 cm³/mol. The smallest absolute Gasteiger partial charge is 0.231 e. The lowest BCUT2D eigenvalue weighted by atomic mass is 9.79. The minimum atomic E-state index is 0.0687. The average molecular weight is 458 g/mol. The van der Waals surface area contributed by atoms with Crippen LogP contribution in [0.1, 0.15) is 56.7 Å². The maximum absolute atomic E-state index is 6.28. The van der Waals surface area contributed by atoms with Gasteiger partial charge in [0, 0.05) is 41.8 Å². The third-order valence-electron chi connectivity index (χ3n) is 6.63. The molecule has 2 heterocycles. The third kappa shape index (κ3) is 5.47. The fourth-order valence-corrected chi connectivity index (χ4v) is 5.35. The van der Waals surface area contributed by atoms with E-state index in [4.69, 9.17) is 28.8 Å². The SMILES string of the molecule is Cc1cc(N2CCC[C@@H](C)C2)nc(NC(=S)NCC2(c3cccc(Cl)c3)CCCC2)n1. The van der Waals surface area contributed by atoms with Gasteiger partial charge in [0.05, 0.1) is 0 Å². The molecule has 2 N–H and O–H groups in total. The lowest BCUT2D eigenvalue weighted by molar-refractivity contribution is 0.435. The minimum absolute atomic E-state index is 0.0687. The second-order valence-corrected chi connectivity index (χ2v) is 10.0. The van der Waals surface area contributed by atoms with Crippen LogP contribution in [0.5, 0.6) is 0 Å². The van der Waals surface area contributed by atoms with Crippen molar-refractivity contribution < 1.29 is 0 Å². The van der Waals surface area contributed by atoms with Gasteiger partial charge in [0.2, 0.25) is 5.95 Å². The average Bonchev–Trinajstić information content (AvgIpc) is 3.22. The first-order valence-electron chi connectivity index (χ1n) is 11.4. The summed E-state index contributed by atoms with van der Waals surface area (Å²) in [5.74, 6) is 2.24. The largest absolute Gasteiger partial charge is 0.361 e. The first-order chi connectivity index (χ1) is 14.9. The Morgan fingerprint density at radius 3 is 2.77 bits per heavy atom. The monoisotopic (exact) mass is 457 g/mol. The molecule has 2 aliphatic rings. The maximum atomic E-state index is 6.28. The Kier molecular flexibility index (Phi) is 6.97. The molecule has 1 aliphatic carbocycles. The molecule has 1 aromatic carbocycles. The molecular formula is C24H32ClN5S. The van der Waals surface area contributed by atoms with Crippen molar-refractivity contribution in [2.24, 2.45) is 5.92 Å². The molecule has 7 heteroatoms. The van der Waals surface area contributed by atoms with E-state index in [0.717, 1.165) is 49.0 Å². The van der Waals surface area contributed by atoms with E-state index in [0.29, 0.717) is 17.0 Å². The Morgan fingerprint density at radius 2 is 2.03 bits per heavy atom. The summed E-state index contributed by atoms with van der Waals surface area (Å²) >= 11 is 11.9. The van der Waals surface area contributed by atoms with Crippen molar-refractivity contribution in [1.29, 1.82) is 0 Å². The molecule has 2 aromatic rings. The summed E-state index contributed by atoms with van der Waals surface area (Å²) < 4.78 is 0. The van der Waals surface area contributed by atoms with Crippen LogP contribution in [0.25, 0.3) is 0 Å². The van der Waals surface area contributed by atoms with Crippen molar-refractivity contribution in [2.75, 3.05) is 29.9 Å². The van der Waals surface area contributed by atoms with Crippen molar-refractivity contribution in [1.82, 2.24) is 15.3 Å². The molecule has 0 spiro atoms. The number of piperidine rings is 1. The number of anilines is 2. The van der Waals surface area contributed by atoms with Crippen molar-refractivity contribution in [3.63, 3.8) is 0 Å². The number of thiocarbonyl (C=S) groups is 1. The third-order valence-corrected chi connectivity index (χ3v) is 7.11. The second kappa shape index (κ2) is 9.70. The Labute approximate surface area is 196 Å². The van der Waals surface area contributed by atoms with E-state index in [9.17, 15) is 0 Å². The number of benzene rings is 1. The number of aromatic nitrogens is 2. The molecule has 0 radical (unpaired) electrons. The molecule has 1 atom stereocenters. The predicted octanol–water partition coefficient (Wildman–Crippen LogP) is 5.47. The lowest BCUT2D eigenvalue weighted by Crippen LogP contribution is -2.41. The van der Waals surface area contributed by atoms with Crippen LogP contribution in [0.3, 0.4) is 0 Å². The van der Waals surface area contributed by atoms with Crippen LogP contribution in [0.4, 0.5) is 11.8 Å². The lowest BCUT2D eigenvalue weighted by Gasteiger charge is -2.32. The van der Waals surface area contributed by atoms with Crippen LogP contribution in [0.15, 0.2) is 30.3 Å². The molecule has 1 saturated heterocycles. The van der Waals surface area contributed by atoms with Crippen LogP contribution in [-0.2, 0) is 5.41 Å². The van der Waals surface area contributed by atoms with Gasteiger partial charge in [-0.2, -0.15) is 4.98 Å². The molecule has 0 unspecified atom stereocenters. The van der Waals surface area contributed by atoms with Crippen LogP contribution in [0, 0.1) is 12.8 Å². The zero-order valence-corrected chi connectivity index (χ0v) is 20.0. The Morgan fingerprint density at radius 1 is 1.23 bits per heavy atom. The molecule has 31 heavy (non-hydrogen) atoms. The summed E-state index contributed by atoms with van der Waals surface area (Å²) in [5, 5.41) is 8.02. The highest BCUT2D eigenvalue weighted by atomic mass is 35.5. The number of aryl methyl sites for hydroxylation is 1. The molecule has 0 bridgehead atoms. The molecule has 5 nitrogen and oxygen atoms in total. The highest BCUT2D eigenvalue weighted by Crippen LogP contribution is 2.41. The van der Waals surface area contributed by atoms with Crippen molar-refractivity contribution in [3.05, 3.63) is 46.6 Å². The van der Waals surface area contributed by atoms with E-state index >= 15 is 0 Å². The quantitative estimate of drug-likeness (QED) is 0.580. The van der Waals surface area contributed by atoms with Gasteiger partial charge in [-0.25, -0.2) is 4.98 Å². The second-order valence-electron chi connectivity index (χ2n) is 9.19. The van der Waals surface area contributed by atoms with Crippen molar-refractivity contribution in [3.8, 4) is 0 Å². The number of nitrogens with one attached hydrogen (secondary N) is 2. The zero-order valence-electron chi connectivity index (χ0n) is 18.5. The van der Waals surface area contributed by atoms with Gasteiger partial charge in [-0.05, 0) is 68.4 Å². The summed E-state index contributed by atoms with van der Waals surface area (Å²) in [7, 11) is 0. The normalized spacial score (nSPS) is 20.5. The van der Waals surface area contributed by atoms with E-state index in [2.05, 4.69) is 45.6 Å². The van der Waals surface area contributed by atoms with E-state index in [-0.39, 0.29) is 5.41 Å². The van der Waals surface area contributed by atoms with Crippen molar-refractivity contribution in [2.45, 2.75) is 57.8 Å². The summed E-state index contributed by atoms with van der Waals surface area (Å²) in [4.78, 5) is 11.7. The highest BCUT2D eigenvalue weighted by molar-refractivity contribution is 7.80. The van der Waals surface area contributed by atoms with Gasteiger partial charge in [0.25, 0.3) is 0 Å². The highest BCUT2D eigenvalue weighted by Gasteiger charge is 2.35. The minimum Gasteiger partial charge on any atom is -0.361 e. The standard InChI is InChI=1S/C24H32ClN5S/c1-17-7-6-12-30(15-17)21-13-18(2)27-22(28-21)29-23(31)26-16-24(10-3-4-11-24)19-8-5-9-20(25)14-19/h5,8-9,13-14,17H,3-4,6-7,10-12,15-16H2,1-2H3,(H2,26,27,28,29,31)/t17-/m1/s1. The van der Waals surface area contributed by atoms with Crippen LogP contribution in [-0.4, -0.2) is 34.7 Å². The van der Waals surface area contributed by atoms with Gasteiger partial charge < -0.3 is 15.5 Å². The maximum Gasteiger partial charge on any atom is 0.231 e. The summed E-state index contributed by atoms with van der Waals surface area (Å²) in [6, 6.07) is 10.3. The molecule has 4 rings (SSSR count). The van der Waals surface area contributed by atoms with Crippen LogP contribution < -0.4 is 15.5 Å². The number of hydrogen-bond donors (Lipinski definition) is 2. The van der Waals surface area contributed by atoms with Crippen LogP contribution >= 0.6 is 23.8 Å². The first-order valence-corrected chi connectivity index (χ1v) is 12.1. The summed E-state index contributed by atoms with van der Waals surface area (Å²) in [6.45, 7) is 7.18. The van der Waals surface area contributed by atoms with Gasteiger partial charge >= 0.3 is 0 Å². The number of hydrogen-bond acceptors (Lipinski definition) is 4. The van der Waals surface area contributed by atoms with Gasteiger partial charge in [-0.1, -0.05) is 43.5 Å². The topological polar surface area (TPSA) is 53.1 Å². The Hall–Kier alpha value is -1.92. The summed E-state index contributed by atoms with van der Waals surface area (Å²) in [6.07, 6.45) is 7.23. The molecule has 1 aromatic heterocycles. The van der Waals surface area contributed by atoms with E-state index in [1.807, 2.05) is 19.1 Å². The van der Waals surface area contributed by atoms with Gasteiger partial charge in [-0.15, -0.1) is 0 Å². The Balaban J connectivity index is 1.42. The van der Waals surface area contributed by atoms with E-state index in [1.54, 1.807) is 0 Å². The fourth-order valence-electron chi connectivity index (χ4n) is 5.00. The van der Waals surface area contributed by atoms with Gasteiger partial charge in [0.1, 0.15) is 5.82 Å². The van der Waals surface area contributed by atoms with Crippen LogP contribution in [0.2, 0.25) is 5.02 Å². The number of nitrogens with zero attached hydrogens (tertiary/aromatic N) is 3. The molecule has 166 valence electrons. The number of rotatable bonds is 5. The molecular weight excluding hydrogens is 426 g/mol. The molecule has 1 aliphatic heterocycles.